The van der Waals surface area contributed by atoms with E-state index < -0.39 is 0 Å². The summed E-state index contributed by atoms with van der Waals surface area (Å²) in [5.41, 5.74) is 0. The summed E-state index contributed by atoms with van der Waals surface area (Å²) in [6, 6.07) is 0. The third kappa shape index (κ3) is 1.88. The van der Waals surface area contributed by atoms with Crippen molar-refractivity contribution in [2.24, 2.45) is 11.8 Å². The van der Waals surface area contributed by atoms with E-state index in [2.05, 4.69) is 36.9 Å². The van der Waals surface area contributed by atoms with Crippen LogP contribution in [0.5, 0.6) is 0 Å². The number of rotatable bonds is 2. The molecule has 0 aromatic carbocycles. The van der Waals surface area contributed by atoms with Crippen molar-refractivity contribution < 1.29 is 20.0 Å². The van der Waals surface area contributed by atoms with E-state index >= 15 is 0 Å². The summed E-state index contributed by atoms with van der Waals surface area (Å²) in [6.07, 6.45) is 6.19. The molecule has 0 aromatic rings. The van der Waals surface area contributed by atoms with Crippen LogP contribution in [0.3, 0.4) is 0 Å². The number of hydrogen-bond acceptors (Lipinski definition) is 0. The average Bonchev–Trinajstić information content (AvgIpc) is 2.34. The van der Waals surface area contributed by atoms with Gasteiger partial charge in [0, 0.05) is 0 Å². The predicted molar refractivity (Wildman–Crippen MR) is 37.1 cm³/mol. The number of hydrogen-bond donors (Lipinski definition) is 0. The van der Waals surface area contributed by atoms with Crippen molar-refractivity contribution >= 4 is 4.31 Å². The zero-order valence-corrected chi connectivity index (χ0v) is 7.20. The van der Waals surface area contributed by atoms with Crippen LogP contribution in [0.4, 0.5) is 0 Å². The second kappa shape index (κ2) is 3.48. The van der Waals surface area contributed by atoms with Crippen LogP contribution in [0.2, 0.25) is 0 Å². The monoisotopic (exact) mass is 156 g/mol. The standard InChI is InChI=1S/C8H12.Ti/c1-3-8-5-4-7(2)6-8;/h2-3,7-8H,1,4-6H2;. The van der Waals surface area contributed by atoms with E-state index in [4.69, 9.17) is 0 Å². The van der Waals surface area contributed by atoms with Crippen molar-refractivity contribution in [1.29, 1.82) is 0 Å². The van der Waals surface area contributed by atoms with Gasteiger partial charge in [0.25, 0.3) is 0 Å². The second-order valence-electron chi connectivity index (χ2n) is 2.74. The molecular weight excluding hydrogens is 144 g/mol. The van der Waals surface area contributed by atoms with Gasteiger partial charge in [0.1, 0.15) is 0 Å². The summed E-state index contributed by atoms with van der Waals surface area (Å²) < 4.78 is 2.32. The fraction of sp³-hybridized carbons (Fsp3) is 0.625. The molecule has 0 aliphatic heterocycles. The molecule has 0 bridgehead atoms. The van der Waals surface area contributed by atoms with E-state index in [9.17, 15) is 0 Å². The van der Waals surface area contributed by atoms with Crippen molar-refractivity contribution in [3.63, 3.8) is 0 Å². The first kappa shape index (κ1) is 7.43. The molecule has 0 N–H and O–H groups in total. The molecule has 1 saturated carbocycles. The Morgan fingerprint density at radius 3 is 2.33 bits per heavy atom. The predicted octanol–water partition coefficient (Wildman–Crippen LogP) is 1.94. The normalized spacial score (nSPS) is 34.1. The van der Waals surface area contributed by atoms with Gasteiger partial charge in [-0.3, -0.25) is 0 Å². The molecule has 0 aromatic heterocycles. The third-order valence-corrected chi connectivity index (χ3v) is 2.82. The maximum absolute atomic E-state index is 3.80. The van der Waals surface area contributed by atoms with Crippen molar-refractivity contribution in [2.45, 2.75) is 19.3 Å². The second-order valence-corrected chi connectivity index (χ2v) is 3.26. The fourth-order valence-electron chi connectivity index (χ4n) is 1.42. The molecule has 48 valence electrons. The Hall–Kier alpha value is 0.324. The first-order valence-corrected chi connectivity index (χ1v) is 4.40. The Bertz CT molecular complexity index is 104. The van der Waals surface area contributed by atoms with Crippen LogP contribution in [0.15, 0.2) is 12.7 Å². The third-order valence-electron chi connectivity index (χ3n) is 2.08. The SMILES string of the molecule is C=CC1CCC([CH]=[Ti])C1. The van der Waals surface area contributed by atoms with Gasteiger partial charge >= 0.3 is 68.0 Å². The first-order valence-electron chi connectivity index (χ1n) is 3.50. The van der Waals surface area contributed by atoms with Crippen molar-refractivity contribution in [1.82, 2.24) is 0 Å². The Labute approximate surface area is 68.2 Å². The van der Waals surface area contributed by atoms with Gasteiger partial charge in [0.2, 0.25) is 0 Å². The zero-order valence-electron chi connectivity index (χ0n) is 5.64. The van der Waals surface area contributed by atoms with Crippen LogP contribution >= 0.6 is 0 Å². The van der Waals surface area contributed by atoms with Crippen molar-refractivity contribution in [2.75, 3.05) is 0 Å². The molecule has 2 atom stereocenters. The summed E-state index contributed by atoms with van der Waals surface area (Å²) >= 11 is 2.16. The molecule has 9 heavy (non-hydrogen) atoms. The minimum absolute atomic E-state index is 0.811. The molecule has 0 spiro atoms. The van der Waals surface area contributed by atoms with E-state index in [1.807, 2.05) is 0 Å². The molecule has 0 nitrogen and oxygen atoms in total. The molecule has 0 radical (unpaired) electrons. The molecule has 0 saturated heterocycles. The Morgan fingerprint density at radius 1 is 1.33 bits per heavy atom. The van der Waals surface area contributed by atoms with Crippen molar-refractivity contribution in [3.05, 3.63) is 12.7 Å². The first-order chi connectivity index (χ1) is 4.36. The van der Waals surface area contributed by atoms with Gasteiger partial charge in [-0.25, -0.2) is 0 Å². The summed E-state index contributed by atoms with van der Waals surface area (Å²) in [5, 5.41) is 0. The Morgan fingerprint density at radius 2 is 2.00 bits per heavy atom. The topological polar surface area (TPSA) is 0 Å². The van der Waals surface area contributed by atoms with Gasteiger partial charge in [0.05, 0.1) is 0 Å². The molecule has 1 fully saturated rings. The van der Waals surface area contributed by atoms with E-state index in [1.165, 1.54) is 19.3 Å². The van der Waals surface area contributed by atoms with E-state index in [0.29, 0.717) is 0 Å². The van der Waals surface area contributed by atoms with Gasteiger partial charge < -0.3 is 0 Å². The number of allylic oxidation sites excluding steroid dienone is 1. The fourth-order valence-corrected chi connectivity index (χ4v) is 1.89. The van der Waals surface area contributed by atoms with Crippen LogP contribution in [0.1, 0.15) is 19.3 Å². The quantitative estimate of drug-likeness (QED) is 0.423. The Balaban J connectivity index is 2.36. The molecule has 0 amide bonds. The molecular formula is C8H12Ti. The Kier molecular flexibility index (Phi) is 2.88. The molecule has 1 heteroatoms. The zero-order chi connectivity index (χ0) is 6.69. The molecule has 2 unspecified atom stereocenters. The average molecular weight is 156 g/mol. The summed E-state index contributed by atoms with van der Waals surface area (Å²) in [5.74, 6) is 1.69. The van der Waals surface area contributed by atoms with E-state index in [0.717, 1.165) is 11.8 Å². The van der Waals surface area contributed by atoms with Crippen LogP contribution in [0, 0.1) is 11.8 Å². The van der Waals surface area contributed by atoms with E-state index in [-0.39, 0.29) is 0 Å². The van der Waals surface area contributed by atoms with E-state index in [1.54, 1.807) is 0 Å². The van der Waals surface area contributed by atoms with Crippen LogP contribution in [-0.4, -0.2) is 4.31 Å². The van der Waals surface area contributed by atoms with Crippen LogP contribution < -0.4 is 0 Å². The van der Waals surface area contributed by atoms with Crippen molar-refractivity contribution in [3.8, 4) is 0 Å². The van der Waals surface area contributed by atoms with Gasteiger partial charge in [-0.2, -0.15) is 0 Å². The summed E-state index contributed by atoms with van der Waals surface area (Å²) in [4.78, 5) is 0. The van der Waals surface area contributed by atoms with Gasteiger partial charge in [-0.15, -0.1) is 0 Å². The van der Waals surface area contributed by atoms with Gasteiger partial charge in [-0.05, 0) is 0 Å². The molecule has 0 heterocycles. The molecule has 1 aliphatic carbocycles. The maximum atomic E-state index is 3.80. The molecule has 1 rings (SSSR count). The summed E-state index contributed by atoms with van der Waals surface area (Å²) in [6.45, 7) is 3.80. The van der Waals surface area contributed by atoms with Gasteiger partial charge in [-0.1, -0.05) is 0 Å². The van der Waals surface area contributed by atoms with Crippen LogP contribution in [0.25, 0.3) is 0 Å². The summed E-state index contributed by atoms with van der Waals surface area (Å²) in [7, 11) is 0. The van der Waals surface area contributed by atoms with Gasteiger partial charge in [0.15, 0.2) is 0 Å². The molecule has 1 aliphatic rings. The van der Waals surface area contributed by atoms with Crippen LogP contribution in [-0.2, 0) is 20.0 Å². The minimum atomic E-state index is 0.811.